The number of alkyl halides is 1. The molecule has 0 amide bonds. The molecule has 0 bridgehead atoms. The van der Waals surface area contributed by atoms with E-state index in [0.717, 1.165) is 37.4 Å². The molecule has 0 aromatic rings. The highest BCUT2D eigenvalue weighted by atomic mass is 19.1. The van der Waals surface area contributed by atoms with Gasteiger partial charge in [0.25, 0.3) is 0 Å². The summed E-state index contributed by atoms with van der Waals surface area (Å²) in [5.41, 5.74) is 6.16. The number of nitrogens with one attached hydrogen (secondary N) is 2. The number of fused-ring (bicyclic) bond motifs is 2. The van der Waals surface area contributed by atoms with E-state index in [4.69, 9.17) is 10.7 Å². The first-order valence-electron chi connectivity index (χ1n) is 8.27. The zero-order valence-electron chi connectivity index (χ0n) is 12.3. The van der Waals surface area contributed by atoms with E-state index < -0.39 is 6.17 Å². The lowest BCUT2D eigenvalue weighted by Gasteiger charge is -2.29. The van der Waals surface area contributed by atoms with E-state index in [-0.39, 0.29) is 24.2 Å². The van der Waals surface area contributed by atoms with Gasteiger partial charge in [-0.3, -0.25) is 9.98 Å². The van der Waals surface area contributed by atoms with E-state index in [9.17, 15) is 4.39 Å². The molecule has 2 aliphatic carbocycles. The molecule has 6 atom stereocenters. The SMILES string of the molecule is NC1CCCC2NC(CC3=NC4C(F)CCCC4N3)=NC12. The van der Waals surface area contributed by atoms with E-state index in [1.54, 1.807) is 0 Å². The highest BCUT2D eigenvalue weighted by Gasteiger charge is 2.40. The number of rotatable bonds is 2. The van der Waals surface area contributed by atoms with E-state index in [1.807, 2.05) is 0 Å². The largest absolute Gasteiger partial charge is 0.368 e. The van der Waals surface area contributed by atoms with Crippen LogP contribution in [0, 0.1) is 0 Å². The molecule has 4 aliphatic rings. The molecule has 4 N–H and O–H groups in total. The second kappa shape index (κ2) is 5.23. The fraction of sp³-hybridized carbons (Fsp3) is 0.867. The number of halogens is 1. The van der Waals surface area contributed by atoms with Crippen LogP contribution in [0.25, 0.3) is 0 Å². The Morgan fingerprint density at radius 3 is 2.24 bits per heavy atom. The van der Waals surface area contributed by atoms with Crippen molar-refractivity contribution in [2.75, 3.05) is 0 Å². The van der Waals surface area contributed by atoms with Gasteiger partial charge in [0.1, 0.15) is 23.9 Å². The van der Waals surface area contributed by atoms with Crippen LogP contribution in [0.2, 0.25) is 0 Å². The lowest BCUT2D eigenvalue weighted by atomic mass is 9.88. The standard InChI is InChI=1S/C15H24FN5/c16-8-3-1-5-10-14(8)20-12(18-10)7-13-19-11-6-2-4-9(17)15(11)21-13/h8-11,14-15H,1-7,17H2,(H,18,20)(H,19,21). The quantitative estimate of drug-likeness (QED) is 0.708. The van der Waals surface area contributed by atoms with Crippen molar-refractivity contribution in [3.63, 3.8) is 0 Å². The molecule has 2 saturated carbocycles. The van der Waals surface area contributed by atoms with Crippen LogP contribution in [0.5, 0.6) is 0 Å². The molecule has 6 heteroatoms. The van der Waals surface area contributed by atoms with Gasteiger partial charge < -0.3 is 16.4 Å². The molecule has 6 unspecified atom stereocenters. The molecule has 2 aliphatic heterocycles. The van der Waals surface area contributed by atoms with Gasteiger partial charge in [0, 0.05) is 6.04 Å². The van der Waals surface area contributed by atoms with E-state index in [2.05, 4.69) is 15.6 Å². The fourth-order valence-electron chi connectivity index (χ4n) is 4.23. The van der Waals surface area contributed by atoms with E-state index in [0.29, 0.717) is 18.9 Å². The summed E-state index contributed by atoms with van der Waals surface area (Å²) in [6, 6.07) is 0.787. The lowest BCUT2D eigenvalue weighted by Crippen LogP contribution is -2.48. The topological polar surface area (TPSA) is 74.8 Å². The molecule has 0 saturated heterocycles. The molecule has 0 aromatic carbocycles. The van der Waals surface area contributed by atoms with Crippen LogP contribution >= 0.6 is 0 Å². The molecule has 4 rings (SSSR count). The molecule has 0 radical (unpaired) electrons. The van der Waals surface area contributed by atoms with Crippen molar-refractivity contribution in [3.8, 4) is 0 Å². The van der Waals surface area contributed by atoms with Gasteiger partial charge in [0.05, 0.1) is 24.5 Å². The molecule has 116 valence electrons. The summed E-state index contributed by atoms with van der Waals surface area (Å²) >= 11 is 0. The van der Waals surface area contributed by atoms with Crippen molar-refractivity contribution in [3.05, 3.63) is 0 Å². The minimum Gasteiger partial charge on any atom is -0.368 e. The maximum absolute atomic E-state index is 13.9. The van der Waals surface area contributed by atoms with Crippen LogP contribution in [0.3, 0.4) is 0 Å². The van der Waals surface area contributed by atoms with E-state index >= 15 is 0 Å². The van der Waals surface area contributed by atoms with Crippen molar-refractivity contribution in [2.24, 2.45) is 15.7 Å². The average molecular weight is 293 g/mol. The molecular weight excluding hydrogens is 269 g/mol. The number of hydrogen-bond donors (Lipinski definition) is 3. The summed E-state index contributed by atoms with van der Waals surface area (Å²) in [6.45, 7) is 0. The van der Waals surface area contributed by atoms with E-state index in [1.165, 1.54) is 6.42 Å². The monoisotopic (exact) mass is 293 g/mol. The first-order valence-corrected chi connectivity index (χ1v) is 8.27. The Kier molecular flexibility index (Phi) is 3.36. The Morgan fingerprint density at radius 1 is 0.952 bits per heavy atom. The van der Waals surface area contributed by atoms with Gasteiger partial charge in [-0.2, -0.15) is 0 Å². The molecule has 2 heterocycles. The Labute approximate surface area is 124 Å². The van der Waals surface area contributed by atoms with Crippen LogP contribution in [0.4, 0.5) is 4.39 Å². The van der Waals surface area contributed by atoms with Gasteiger partial charge in [0.15, 0.2) is 0 Å². The summed E-state index contributed by atoms with van der Waals surface area (Å²) in [4.78, 5) is 9.33. The summed E-state index contributed by atoms with van der Waals surface area (Å²) in [5.74, 6) is 1.87. The zero-order valence-corrected chi connectivity index (χ0v) is 12.3. The molecule has 5 nitrogen and oxygen atoms in total. The van der Waals surface area contributed by atoms with Gasteiger partial charge in [-0.25, -0.2) is 4.39 Å². The minimum absolute atomic E-state index is 0.171. The first-order chi connectivity index (χ1) is 10.2. The van der Waals surface area contributed by atoms with Crippen molar-refractivity contribution in [2.45, 2.75) is 81.3 Å². The summed E-state index contributed by atoms with van der Waals surface area (Å²) in [5, 5.41) is 6.90. The van der Waals surface area contributed by atoms with Crippen LogP contribution < -0.4 is 16.4 Å². The van der Waals surface area contributed by atoms with Crippen molar-refractivity contribution in [1.29, 1.82) is 0 Å². The van der Waals surface area contributed by atoms with Crippen molar-refractivity contribution in [1.82, 2.24) is 10.6 Å². The third-order valence-corrected chi connectivity index (χ3v) is 5.33. The molecule has 21 heavy (non-hydrogen) atoms. The van der Waals surface area contributed by atoms with Crippen LogP contribution in [0.15, 0.2) is 9.98 Å². The van der Waals surface area contributed by atoms with Crippen LogP contribution in [0.1, 0.15) is 44.9 Å². The van der Waals surface area contributed by atoms with Gasteiger partial charge in [-0.15, -0.1) is 0 Å². The second-order valence-corrected chi connectivity index (χ2v) is 6.85. The Bertz CT molecular complexity index is 435. The van der Waals surface area contributed by atoms with Gasteiger partial charge in [0.2, 0.25) is 0 Å². The summed E-state index contributed by atoms with van der Waals surface area (Å²) in [7, 11) is 0. The highest BCUT2D eigenvalue weighted by molar-refractivity contribution is 6.04. The predicted octanol–water partition coefficient (Wildman–Crippen LogP) is 0.888. The summed E-state index contributed by atoms with van der Waals surface area (Å²) in [6.07, 6.45) is 5.88. The highest BCUT2D eigenvalue weighted by Crippen LogP contribution is 2.29. The maximum Gasteiger partial charge on any atom is 0.124 e. The normalized spacial score (nSPS) is 45.0. The number of amidine groups is 2. The molecule has 2 fully saturated rings. The van der Waals surface area contributed by atoms with Crippen molar-refractivity contribution >= 4 is 11.7 Å². The smallest absolute Gasteiger partial charge is 0.124 e. The third-order valence-electron chi connectivity index (χ3n) is 5.33. The van der Waals surface area contributed by atoms with Crippen molar-refractivity contribution < 1.29 is 4.39 Å². The molecular formula is C15H24FN5. The predicted molar refractivity (Wildman–Crippen MR) is 81.5 cm³/mol. The van der Waals surface area contributed by atoms with Gasteiger partial charge in [-0.1, -0.05) is 0 Å². The zero-order chi connectivity index (χ0) is 14.4. The Hall–Kier alpha value is -1.17. The first kappa shape index (κ1) is 13.5. The number of nitrogens with zero attached hydrogens (tertiary/aromatic N) is 2. The maximum atomic E-state index is 13.9. The van der Waals surface area contributed by atoms with Gasteiger partial charge in [-0.05, 0) is 38.5 Å². The average Bonchev–Trinajstić information content (AvgIpc) is 3.04. The van der Waals surface area contributed by atoms with Crippen LogP contribution in [-0.2, 0) is 0 Å². The number of nitrogens with two attached hydrogens (primary N) is 1. The minimum atomic E-state index is -0.789. The number of hydrogen-bond acceptors (Lipinski definition) is 5. The van der Waals surface area contributed by atoms with Crippen LogP contribution in [-0.4, -0.2) is 48.1 Å². The Morgan fingerprint density at radius 2 is 1.57 bits per heavy atom. The van der Waals surface area contributed by atoms with Gasteiger partial charge >= 0.3 is 0 Å². The third kappa shape index (κ3) is 2.43. The summed E-state index contributed by atoms with van der Waals surface area (Å²) < 4.78 is 13.9. The number of aliphatic imine (C=N–C) groups is 2. The lowest BCUT2D eigenvalue weighted by molar-refractivity contribution is 0.201. The molecule has 0 aromatic heterocycles. The molecule has 0 spiro atoms. The second-order valence-electron chi connectivity index (χ2n) is 6.85. The Balaban J connectivity index is 1.43. The fourth-order valence-corrected chi connectivity index (χ4v) is 4.23.